The van der Waals surface area contributed by atoms with Gasteiger partial charge in [-0.15, -0.1) is 0 Å². The number of hydrogen-bond donors (Lipinski definition) is 2. The average molecular weight is 398 g/mol. The Labute approximate surface area is 159 Å². The number of nitrogens with one attached hydrogen (secondary N) is 1. The minimum Gasteiger partial charge on any atom is -0.491 e. The summed E-state index contributed by atoms with van der Waals surface area (Å²) >= 11 is 0. The van der Waals surface area contributed by atoms with Crippen molar-refractivity contribution in [1.29, 1.82) is 0 Å². The summed E-state index contributed by atoms with van der Waals surface area (Å²) in [6.07, 6.45) is 0.993. The number of anilines is 1. The zero-order valence-electron chi connectivity index (χ0n) is 15.8. The molecular weight excluding hydrogens is 372 g/mol. The highest BCUT2D eigenvalue weighted by molar-refractivity contribution is 7.93. The molecular formula is C18H26N2O6S. The molecule has 1 atom stereocenters. The van der Waals surface area contributed by atoms with Crippen LogP contribution in [0.15, 0.2) is 24.3 Å². The number of rotatable bonds is 7. The number of nitrogens with zero attached hydrogens (tertiary/aromatic N) is 1. The Balaban J connectivity index is 1.99. The molecule has 2 N–H and O–H groups in total. The highest BCUT2D eigenvalue weighted by Gasteiger charge is 2.39. The van der Waals surface area contributed by atoms with Gasteiger partial charge in [0.25, 0.3) is 0 Å². The lowest BCUT2D eigenvalue weighted by Gasteiger charge is -2.37. The van der Waals surface area contributed by atoms with E-state index in [1.165, 1.54) is 4.90 Å². The second-order valence-corrected chi connectivity index (χ2v) is 9.06. The summed E-state index contributed by atoms with van der Waals surface area (Å²) in [5.41, 5.74) is -0.718. The Morgan fingerprint density at radius 3 is 2.48 bits per heavy atom. The van der Waals surface area contributed by atoms with Crippen LogP contribution in [-0.4, -0.2) is 55.2 Å². The number of benzene rings is 1. The number of likely N-dealkylation sites (tertiary alicyclic amines) is 1. The number of aliphatic carboxylic acids is 1. The number of carbonyl (C=O) groups is 2. The maximum Gasteiger partial charge on any atom is 0.311 e. The highest BCUT2D eigenvalue weighted by Crippen LogP contribution is 2.29. The van der Waals surface area contributed by atoms with E-state index in [1.807, 2.05) is 13.8 Å². The maximum absolute atomic E-state index is 12.4. The van der Waals surface area contributed by atoms with E-state index < -0.39 is 33.1 Å². The maximum atomic E-state index is 12.4. The van der Waals surface area contributed by atoms with E-state index in [4.69, 9.17) is 4.74 Å². The number of amides is 1. The van der Waals surface area contributed by atoms with E-state index in [0.717, 1.165) is 0 Å². The summed E-state index contributed by atoms with van der Waals surface area (Å²) in [7, 11) is -3.91. The monoisotopic (exact) mass is 398 g/mol. The fraction of sp³-hybridized carbons (Fsp3) is 0.556. The number of carboxylic acids is 1. The minimum absolute atomic E-state index is 0.00573. The topological polar surface area (TPSA) is 113 Å². The molecule has 1 aliphatic rings. The van der Waals surface area contributed by atoms with Crippen molar-refractivity contribution < 1.29 is 27.9 Å². The van der Waals surface area contributed by atoms with Crippen LogP contribution in [0.5, 0.6) is 5.75 Å². The molecule has 8 nitrogen and oxygen atoms in total. The largest absolute Gasteiger partial charge is 0.491 e. The van der Waals surface area contributed by atoms with Gasteiger partial charge in [-0.25, -0.2) is 8.42 Å². The lowest BCUT2D eigenvalue weighted by molar-refractivity contribution is -0.153. The SMILES string of the molecule is CC(C)Oc1ccc(NS(=O)(=O)CC(=O)N2CCCC(C)(C(=O)O)C2)cc1. The fourth-order valence-electron chi connectivity index (χ4n) is 2.97. The van der Waals surface area contributed by atoms with Crippen LogP contribution in [0, 0.1) is 5.41 Å². The van der Waals surface area contributed by atoms with Gasteiger partial charge in [0.1, 0.15) is 11.5 Å². The van der Waals surface area contributed by atoms with Gasteiger partial charge in [0.2, 0.25) is 15.9 Å². The predicted molar refractivity (Wildman–Crippen MR) is 101 cm³/mol. The van der Waals surface area contributed by atoms with Crippen molar-refractivity contribution in [2.75, 3.05) is 23.6 Å². The van der Waals surface area contributed by atoms with E-state index in [-0.39, 0.29) is 12.6 Å². The first-order valence-electron chi connectivity index (χ1n) is 8.79. The van der Waals surface area contributed by atoms with Gasteiger partial charge in [0.15, 0.2) is 0 Å². The first-order valence-corrected chi connectivity index (χ1v) is 10.4. The molecule has 0 saturated carbocycles. The lowest BCUT2D eigenvalue weighted by atomic mass is 9.82. The summed E-state index contributed by atoms with van der Waals surface area (Å²) in [4.78, 5) is 25.1. The summed E-state index contributed by atoms with van der Waals surface area (Å²) < 4.78 is 32.5. The third kappa shape index (κ3) is 5.85. The van der Waals surface area contributed by atoms with Crippen LogP contribution in [0.2, 0.25) is 0 Å². The molecule has 1 amide bonds. The fourth-order valence-corrected chi connectivity index (χ4v) is 4.05. The van der Waals surface area contributed by atoms with Gasteiger partial charge in [-0.05, 0) is 57.9 Å². The molecule has 0 aromatic heterocycles. The number of piperidine rings is 1. The third-order valence-corrected chi connectivity index (χ3v) is 5.55. The minimum atomic E-state index is -3.91. The quantitative estimate of drug-likeness (QED) is 0.726. The average Bonchev–Trinajstić information content (AvgIpc) is 2.55. The second-order valence-electron chi connectivity index (χ2n) is 7.34. The summed E-state index contributed by atoms with van der Waals surface area (Å²) in [5.74, 6) is -1.70. The molecule has 1 unspecified atom stereocenters. The van der Waals surface area contributed by atoms with Gasteiger partial charge >= 0.3 is 5.97 Å². The molecule has 1 aromatic carbocycles. The Morgan fingerprint density at radius 2 is 1.93 bits per heavy atom. The van der Waals surface area contributed by atoms with E-state index in [9.17, 15) is 23.1 Å². The zero-order valence-corrected chi connectivity index (χ0v) is 16.6. The van der Waals surface area contributed by atoms with Gasteiger partial charge in [0.05, 0.1) is 11.5 Å². The number of hydrogen-bond acceptors (Lipinski definition) is 5. The Hall–Kier alpha value is -2.29. The Morgan fingerprint density at radius 1 is 1.30 bits per heavy atom. The van der Waals surface area contributed by atoms with Gasteiger partial charge in [-0.1, -0.05) is 0 Å². The lowest BCUT2D eigenvalue weighted by Crippen LogP contribution is -2.50. The van der Waals surface area contributed by atoms with Gasteiger partial charge in [-0.2, -0.15) is 0 Å². The van der Waals surface area contributed by atoms with Crippen LogP contribution in [0.25, 0.3) is 0 Å². The normalized spacial score (nSPS) is 20.4. The third-order valence-electron chi connectivity index (χ3n) is 4.38. The molecule has 27 heavy (non-hydrogen) atoms. The van der Waals surface area contributed by atoms with Crippen molar-refractivity contribution in [3.05, 3.63) is 24.3 Å². The van der Waals surface area contributed by atoms with Crippen LogP contribution in [0.4, 0.5) is 5.69 Å². The Bertz CT molecular complexity index is 791. The van der Waals surface area contributed by atoms with E-state index in [2.05, 4.69) is 4.72 Å². The first-order chi connectivity index (χ1) is 12.5. The van der Waals surface area contributed by atoms with Crippen molar-refractivity contribution in [2.45, 2.75) is 39.7 Å². The predicted octanol–water partition coefficient (Wildman–Crippen LogP) is 1.93. The standard InChI is InChI=1S/C18H26N2O6S/c1-13(2)26-15-7-5-14(6-8-15)19-27(24,25)11-16(21)20-10-4-9-18(3,12-20)17(22)23/h5-8,13,19H,4,9-12H2,1-3H3,(H,22,23). The number of carboxylic acid groups (broad SMARTS) is 1. The van der Waals surface area contributed by atoms with Crippen molar-refractivity contribution in [1.82, 2.24) is 4.90 Å². The molecule has 0 spiro atoms. The number of ether oxygens (including phenoxy) is 1. The van der Waals surface area contributed by atoms with Crippen molar-refractivity contribution in [2.24, 2.45) is 5.41 Å². The van der Waals surface area contributed by atoms with Crippen LogP contribution < -0.4 is 9.46 Å². The van der Waals surface area contributed by atoms with E-state index in [0.29, 0.717) is 30.8 Å². The van der Waals surface area contributed by atoms with Gasteiger partial charge in [-0.3, -0.25) is 14.3 Å². The number of carbonyl (C=O) groups excluding carboxylic acids is 1. The molecule has 1 saturated heterocycles. The highest BCUT2D eigenvalue weighted by atomic mass is 32.2. The molecule has 150 valence electrons. The summed E-state index contributed by atoms with van der Waals surface area (Å²) in [6, 6.07) is 6.40. The summed E-state index contributed by atoms with van der Waals surface area (Å²) in [5, 5.41) is 9.32. The molecule has 0 aliphatic carbocycles. The van der Waals surface area contributed by atoms with Crippen LogP contribution in [0.3, 0.4) is 0 Å². The molecule has 1 heterocycles. The van der Waals surface area contributed by atoms with Crippen LogP contribution in [-0.2, 0) is 19.6 Å². The Kier molecular flexibility index (Phi) is 6.35. The van der Waals surface area contributed by atoms with E-state index in [1.54, 1.807) is 31.2 Å². The molecule has 1 fully saturated rings. The molecule has 0 radical (unpaired) electrons. The van der Waals surface area contributed by atoms with Crippen LogP contribution in [0.1, 0.15) is 33.6 Å². The van der Waals surface area contributed by atoms with Crippen LogP contribution >= 0.6 is 0 Å². The molecule has 1 aliphatic heterocycles. The van der Waals surface area contributed by atoms with Gasteiger partial charge in [0, 0.05) is 18.8 Å². The van der Waals surface area contributed by atoms with Crippen molar-refractivity contribution >= 4 is 27.6 Å². The van der Waals surface area contributed by atoms with Crippen molar-refractivity contribution in [3.63, 3.8) is 0 Å². The molecule has 0 bridgehead atoms. The van der Waals surface area contributed by atoms with E-state index >= 15 is 0 Å². The molecule has 2 rings (SSSR count). The second kappa shape index (κ2) is 8.16. The molecule has 9 heteroatoms. The first kappa shape index (κ1) is 21.0. The smallest absolute Gasteiger partial charge is 0.311 e. The zero-order chi connectivity index (χ0) is 20.2. The van der Waals surface area contributed by atoms with Crippen molar-refractivity contribution in [3.8, 4) is 5.75 Å². The summed E-state index contributed by atoms with van der Waals surface area (Å²) in [6.45, 7) is 5.72. The van der Waals surface area contributed by atoms with Gasteiger partial charge < -0.3 is 14.7 Å². The molecule has 1 aromatic rings. The number of sulfonamides is 1.